The summed E-state index contributed by atoms with van der Waals surface area (Å²) in [5.74, 6) is -0.886. The first kappa shape index (κ1) is 22.3. The van der Waals surface area contributed by atoms with Gasteiger partial charge in [-0.2, -0.15) is 5.10 Å². The van der Waals surface area contributed by atoms with Crippen molar-refractivity contribution in [2.45, 2.75) is 36.4 Å². The lowest BCUT2D eigenvalue weighted by molar-refractivity contribution is -0.191. The summed E-state index contributed by atoms with van der Waals surface area (Å²) in [5, 5.41) is 37.1. The number of nitrogens with two attached hydrogens (primary N) is 1. The van der Waals surface area contributed by atoms with Crippen LogP contribution in [0, 0.1) is 12.3 Å². The number of fused-ring (bicyclic) bond motifs is 1. The number of carbonyl (C=O) groups is 2. The van der Waals surface area contributed by atoms with Crippen LogP contribution >= 0.6 is 0 Å². The molecule has 0 aliphatic carbocycles. The number of terminal acetylenes is 1. The number of rotatable bonds is 8. The zero-order valence-corrected chi connectivity index (χ0v) is 17.2. The van der Waals surface area contributed by atoms with Gasteiger partial charge in [0, 0.05) is 12.8 Å². The number of aliphatic carboxylic acids is 2. The SMILES string of the molecule is C#C[C@]1(O)C[C@H](n2cnc3c(N)[nH]nc32)O[C@@H]1COC(Cc1ccccc1)(C(=O)O)C(=O)O. The third-order valence-electron chi connectivity index (χ3n) is 5.67. The Kier molecular flexibility index (Phi) is 5.54. The van der Waals surface area contributed by atoms with Crippen LogP contribution in [0.4, 0.5) is 5.82 Å². The van der Waals surface area contributed by atoms with Gasteiger partial charge in [0.05, 0.1) is 12.9 Å². The summed E-state index contributed by atoms with van der Waals surface area (Å²) in [5.41, 5.74) is 2.50. The molecule has 6 N–H and O–H groups in total. The van der Waals surface area contributed by atoms with Crippen LogP contribution < -0.4 is 5.73 Å². The molecule has 12 heteroatoms. The van der Waals surface area contributed by atoms with E-state index < -0.39 is 48.5 Å². The molecule has 0 amide bonds. The van der Waals surface area contributed by atoms with E-state index >= 15 is 0 Å². The minimum Gasteiger partial charge on any atom is -0.479 e. The van der Waals surface area contributed by atoms with Gasteiger partial charge in [0.1, 0.15) is 18.1 Å². The molecule has 1 aliphatic rings. The van der Waals surface area contributed by atoms with E-state index in [4.69, 9.17) is 21.6 Å². The summed E-state index contributed by atoms with van der Waals surface area (Å²) in [6, 6.07) is 8.19. The van der Waals surface area contributed by atoms with E-state index in [1.165, 1.54) is 10.9 Å². The highest BCUT2D eigenvalue weighted by Gasteiger charge is 2.53. The summed E-state index contributed by atoms with van der Waals surface area (Å²) in [6.07, 6.45) is 4.36. The van der Waals surface area contributed by atoms with Crippen LogP contribution in [0.15, 0.2) is 36.7 Å². The number of H-pyrrole nitrogens is 1. The van der Waals surface area contributed by atoms with E-state index in [1.807, 2.05) is 0 Å². The Morgan fingerprint density at radius 3 is 2.70 bits per heavy atom. The van der Waals surface area contributed by atoms with E-state index in [0.29, 0.717) is 16.7 Å². The third kappa shape index (κ3) is 3.78. The Morgan fingerprint density at radius 2 is 2.06 bits per heavy atom. The fourth-order valence-electron chi connectivity index (χ4n) is 3.79. The summed E-state index contributed by atoms with van der Waals surface area (Å²) < 4.78 is 12.8. The molecule has 33 heavy (non-hydrogen) atoms. The second-order valence-corrected chi connectivity index (χ2v) is 7.72. The zero-order chi connectivity index (χ0) is 23.8. The van der Waals surface area contributed by atoms with Gasteiger partial charge in [-0.25, -0.2) is 14.6 Å². The van der Waals surface area contributed by atoms with Crippen LogP contribution in [0.5, 0.6) is 0 Å². The highest BCUT2D eigenvalue weighted by atomic mass is 16.6. The van der Waals surface area contributed by atoms with Gasteiger partial charge in [-0.3, -0.25) is 9.67 Å². The first-order valence-corrected chi connectivity index (χ1v) is 9.87. The minimum absolute atomic E-state index is 0.0957. The number of carboxylic acids is 2. The van der Waals surface area contributed by atoms with Crippen molar-refractivity contribution >= 4 is 28.9 Å². The number of ether oxygens (including phenoxy) is 2. The molecule has 172 valence electrons. The number of hydrogen-bond acceptors (Lipinski definition) is 8. The average molecular weight is 455 g/mol. The number of anilines is 1. The molecule has 4 rings (SSSR count). The monoisotopic (exact) mass is 455 g/mol. The van der Waals surface area contributed by atoms with E-state index in [2.05, 4.69) is 21.1 Å². The number of nitrogens with zero attached hydrogens (tertiary/aromatic N) is 3. The molecule has 2 aromatic heterocycles. The van der Waals surface area contributed by atoms with Crippen molar-refractivity contribution in [2.24, 2.45) is 0 Å². The van der Waals surface area contributed by atoms with Crippen LogP contribution in [0.25, 0.3) is 11.2 Å². The maximum atomic E-state index is 12.0. The van der Waals surface area contributed by atoms with Crippen molar-refractivity contribution in [3.8, 4) is 12.3 Å². The molecule has 3 heterocycles. The molecule has 0 unspecified atom stereocenters. The summed E-state index contributed by atoms with van der Waals surface area (Å²) in [6.45, 7) is -0.594. The predicted molar refractivity (Wildman–Crippen MR) is 113 cm³/mol. The van der Waals surface area contributed by atoms with Crippen LogP contribution in [-0.4, -0.2) is 70.9 Å². The Balaban J connectivity index is 1.58. The quantitative estimate of drug-likeness (QED) is 0.231. The number of aromatic nitrogens is 4. The fourth-order valence-corrected chi connectivity index (χ4v) is 3.79. The van der Waals surface area contributed by atoms with Gasteiger partial charge >= 0.3 is 11.9 Å². The molecular formula is C21H21N5O7. The minimum atomic E-state index is -2.61. The lowest BCUT2D eigenvalue weighted by atomic mass is 9.93. The average Bonchev–Trinajstić information content (AvgIpc) is 3.46. The normalized spacial score (nSPS) is 22.9. The van der Waals surface area contributed by atoms with Crippen LogP contribution in [0.2, 0.25) is 0 Å². The maximum absolute atomic E-state index is 12.0. The van der Waals surface area contributed by atoms with Crippen molar-refractivity contribution in [1.29, 1.82) is 0 Å². The highest BCUT2D eigenvalue weighted by Crippen LogP contribution is 2.39. The number of benzene rings is 1. The summed E-state index contributed by atoms with van der Waals surface area (Å²) in [4.78, 5) is 28.2. The predicted octanol–water partition coefficient (Wildman–Crippen LogP) is 0.161. The number of nitrogens with one attached hydrogen (secondary N) is 1. The largest absolute Gasteiger partial charge is 0.479 e. The van der Waals surface area contributed by atoms with Gasteiger partial charge in [-0.15, -0.1) is 6.42 Å². The molecule has 0 bridgehead atoms. The molecule has 3 atom stereocenters. The van der Waals surface area contributed by atoms with Crippen molar-refractivity contribution in [3.05, 3.63) is 42.2 Å². The molecular weight excluding hydrogens is 434 g/mol. The summed E-state index contributed by atoms with van der Waals surface area (Å²) in [7, 11) is 0. The second-order valence-electron chi connectivity index (χ2n) is 7.72. The lowest BCUT2D eigenvalue weighted by Gasteiger charge is -2.29. The maximum Gasteiger partial charge on any atom is 0.348 e. The molecule has 1 fully saturated rings. The van der Waals surface area contributed by atoms with Gasteiger partial charge in [0.25, 0.3) is 5.60 Å². The Morgan fingerprint density at radius 1 is 1.36 bits per heavy atom. The number of aromatic amines is 1. The third-order valence-corrected chi connectivity index (χ3v) is 5.67. The zero-order valence-electron chi connectivity index (χ0n) is 17.2. The van der Waals surface area contributed by atoms with Crippen molar-refractivity contribution in [2.75, 3.05) is 12.3 Å². The van der Waals surface area contributed by atoms with Crippen molar-refractivity contribution < 1.29 is 34.4 Å². The van der Waals surface area contributed by atoms with Gasteiger partial charge in [-0.05, 0) is 5.56 Å². The molecule has 1 aliphatic heterocycles. The lowest BCUT2D eigenvalue weighted by Crippen LogP contribution is -2.53. The van der Waals surface area contributed by atoms with Gasteiger partial charge in [-0.1, -0.05) is 36.3 Å². The molecule has 3 aromatic rings. The van der Waals surface area contributed by atoms with Gasteiger partial charge in [0.2, 0.25) is 0 Å². The topological polar surface area (TPSA) is 186 Å². The van der Waals surface area contributed by atoms with Gasteiger partial charge < -0.3 is 30.5 Å². The van der Waals surface area contributed by atoms with Crippen LogP contribution in [-0.2, 0) is 25.5 Å². The Hall–Kier alpha value is -3.92. The Labute approximate surface area is 186 Å². The smallest absolute Gasteiger partial charge is 0.348 e. The Bertz CT molecular complexity index is 1220. The van der Waals surface area contributed by atoms with E-state index in [9.17, 15) is 24.9 Å². The number of hydrogen-bond donors (Lipinski definition) is 5. The molecule has 1 saturated heterocycles. The highest BCUT2D eigenvalue weighted by molar-refractivity contribution is 6.02. The van der Waals surface area contributed by atoms with E-state index in [0.717, 1.165) is 0 Å². The molecule has 0 radical (unpaired) electrons. The first-order chi connectivity index (χ1) is 15.7. The fraction of sp³-hybridized carbons (Fsp3) is 0.333. The van der Waals surface area contributed by atoms with Crippen molar-refractivity contribution in [3.63, 3.8) is 0 Å². The number of aliphatic hydroxyl groups is 1. The van der Waals surface area contributed by atoms with Gasteiger partial charge in [0.15, 0.2) is 16.8 Å². The first-order valence-electron chi connectivity index (χ1n) is 9.87. The molecule has 0 saturated carbocycles. The van der Waals surface area contributed by atoms with E-state index in [1.54, 1.807) is 30.3 Å². The number of nitrogen functional groups attached to an aromatic ring is 1. The van der Waals surface area contributed by atoms with Crippen LogP contribution in [0.1, 0.15) is 18.2 Å². The van der Waals surface area contributed by atoms with Crippen molar-refractivity contribution in [1.82, 2.24) is 19.7 Å². The number of imidazole rings is 1. The molecule has 0 spiro atoms. The van der Waals surface area contributed by atoms with E-state index in [-0.39, 0.29) is 12.2 Å². The molecule has 1 aromatic carbocycles. The second kappa shape index (κ2) is 8.21. The van der Waals surface area contributed by atoms with Crippen LogP contribution in [0.3, 0.4) is 0 Å². The standard InChI is InChI=1S/C21H21N5O7/c1-2-20(31)9-14(26-11-23-15-16(22)24-25-17(15)26)33-13(20)10-32-21(18(27)28,19(29)30)8-12-6-4-3-5-7-12/h1,3-7,11,13-14,31H,8-10H2,(H,27,28)(H,29,30)(H3,22,24,25)/t13-,14-,20+/m1/s1. The summed E-state index contributed by atoms with van der Waals surface area (Å²) >= 11 is 0. The number of carboxylic acid groups (broad SMARTS) is 2. The molecule has 12 nitrogen and oxygen atoms in total.